The monoisotopic (exact) mass is 326 g/mol. The van der Waals surface area contributed by atoms with E-state index in [1.165, 1.54) is 0 Å². The van der Waals surface area contributed by atoms with E-state index in [0.717, 1.165) is 32.1 Å². The number of nitrogens with one attached hydrogen (secondary N) is 2. The molecular weight excluding hydrogens is 296 g/mol. The highest BCUT2D eigenvalue weighted by Gasteiger charge is 2.30. The predicted molar refractivity (Wildman–Crippen MR) is 88.0 cm³/mol. The molecule has 2 N–H and O–H groups in total. The molecule has 0 spiro atoms. The molecule has 2 amide bonds. The van der Waals surface area contributed by atoms with Crippen LogP contribution in [0.2, 0.25) is 0 Å². The number of unbranched alkanes of at least 4 members (excludes halogenated alkanes) is 2. The van der Waals surface area contributed by atoms with Crippen LogP contribution in [0.1, 0.15) is 66.2 Å². The van der Waals surface area contributed by atoms with E-state index in [-0.39, 0.29) is 24.2 Å². The number of alkyl carbamates (subject to hydrolysis) is 1. The lowest BCUT2D eigenvalue weighted by molar-refractivity contribution is -0.127. The molecule has 1 atom stereocenters. The summed E-state index contributed by atoms with van der Waals surface area (Å²) in [6.07, 6.45) is 4.62. The Labute approximate surface area is 138 Å². The number of carbonyl (C=O) groups is 3. The average molecular weight is 326 g/mol. The van der Waals surface area contributed by atoms with Gasteiger partial charge < -0.3 is 15.4 Å². The Balaban J connectivity index is 2.49. The van der Waals surface area contributed by atoms with Gasteiger partial charge >= 0.3 is 6.09 Å². The summed E-state index contributed by atoms with van der Waals surface area (Å²) < 4.78 is 5.20. The number of rotatable bonds is 9. The van der Waals surface area contributed by atoms with Crippen LogP contribution < -0.4 is 10.6 Å². The standard InChI is InChI=1S/C17H30N2O4/c1-5-6-7-8-13(19-16(22)23-17(2,3)4)15(21)18-11-14(20)12-9-10-12/h12-13H,5-11H2,1-4H3,(H,18,21)(H,19,22)/t13-/m0/s1. The van der Waals surface area contributed by atoms with E-state index in [2.05, 4.69) is 17.6 Å². The first-order valence-corrected chi connectivity index (χ1v) is 8.53. The highest BCUT2D eigenvalue weighted by molar-refractivity contribution is 5.91. The van der Waals surface area contributed by atoms with E-state index in [1.807, 2.05) is 0 Å². The Morgan fingerprint density at radius 2 is 1.83 bits per heavy atom. The van der Waals surface area contributed by atoms with Crippen LogP contribution in [0.25, 0.3) is 0 Å². The molecule has 0 bridgehead atoms. The van der Waals surface area contributed by atoms with E-state index >= 15 is 0 Å². The van der Waals surface area contributed by atoms with Crippen molar-refractivity contribution < 1.29 is 19.1 Å². The first-order valence-electron chi connectivity index (χ1n) is 8.53. The lowest BCUT2D eigenvalue weighted by atomic mass is 10.1. The van der Waals surface area contributed by atoms with Crippen LogP contribution in [0.3, 0.4) is 0 Å². The van der Waals surface area contributed by atoms with E-state index in [4.69, 9.17) is 4.74 Å². The third kappa shape index (κ3) is 8.57. The fourth-order valence-electron chi connectivity index (χ4n) is 2.16. The molecule has 1 fully saturated rings. The average Bonchev–Trinajstić information content (AvgIpc) is 3.26. The largest absolute Gasteiger partial charge is 0.444 e. The highest BCUT2D eigenvalue weighted by atomic mass is 16.6. The molecule has 23 heavy (non-hydrogen) atoms. The van der Waals surface area contributed by atoms with Gasteiger partial charge in [0, 0.05) is 5.92 Å². The number of amides is 2. The van der Waals surface area contributed by atoms with Gasteiger partial charge in [-0.05, 0) is 40.0 Å². The molecule has 1 aliphatic rings. The van der Waals surface area contributed by atoms with Gasteiger partial charge in [-0.1, -0.05) is 26.2 Å². The minimum absolute atomic E-state index is 0.0454. The lowest BCUT2D eigenvalue weighted by Gasteiger charge is -2.23. The van der Waals surface area contributed by atoms with Gasteiger partial charge in [0.1, 0.15) is 11.6 Å². The molecule has 132 valence electrons. The number of ketones is 1. The van der Waals surface area contributed by atoms with E-state index in [0.29, 0.717) is 6.42 Å². The Bertz CT molecular complexity index is 425. The normalized spacial score (nSPS) is 15.7. The number of hydrogen-bond acceptors (Lipinski definition) is 4. The molecular formula is C17H30N2O4. The lowest BCUT2D eigenvalue weighted by Crippen LogP contribution is -2.49. The van der Waals surface area contributed by atoms with Crippen LogP contribution in [0, 0.1) is 5.92 Å². The maximum atomic E-state index is 12.3. The maximum absolute atomic E-state index is 12.3. The van der Waals surface area contributed by atoms with Crippen molar-refractivity contribution in [2.75, 3.05) is 6.54 Å². The van der Waals surface area contributed by atoms with Gasteiger partial charge in [0.2, 0.25) is 5.91 Å². The second-order valence-corrected chi connectivity index (χ2v) is 7.15. The summed E-state index contributed by atoms with van der Waals surface area (Å²) in [5, 5.41) is 5.26. The van der Waals surface area contributed by atoms with E-state index < -0.39 is 17.7 Å². The predicted octanol–water partition coefficient (Wildman–Crippen LogP) is 2.56. The smallest absolute Gasteiger partial charge is 0.408 e. The van der Waals surface area contributed by atoms with Crippen molar-refractivity contribution in [1.82, 2.24) is 10.6 Å². The minimum Gasteiger partial charge on any atom is -0.444 e. The van der Waals surface area contributed by atoms with Crippen molar-refractivity contribution >= 4 is 17.8 Å². The number of ether oxygens (including phenoxy) is 1. The SMILES string of the molecule is CCCCC[C@H](NC(=O)OC(C)(C)C)C(=O)NCC(=O)C1CC1. The second-order valence-electron chi connectivity index (χ2n) is 7.15. The third-order valence-electron chi connectivity index (χ3n) is 3.57. The summed E-state index contributed by atoms with van der Waals surface area (Å²) >= 11 is 0. The molecule has 0 heterocycles. The molecule has 0 radical (unpaired) electrons. The van der Waals surface area contributed by atoms with Crippen molar-refractivity contribution in [2.24, 2.45) is 5.92 Å². The van der Waals surface area contributed by atoms with Crippen LogP contribution in [0.5, 0.6) is 0 Å². The molecule has 6 nitrogen and oxygen atoms in total. The summed E-state index contributed by atoms with van der Waals surface area (Å²) in [6, 6.07) is -0.664. The molecule has 0 aromatic heterocycles. The fourth-order valence-corrected chi connectivity index (χ4v) is 2.16. The maximum Gasteiger partial charge on any atom is 0.408 e. The van der Waals surface area contributed by atoms with Gasteiger partial charge in [0.25, 0.3) is 0 Å². The molecule has 6 heteroatoms. The summed E-state index contributed by atoms with van der Waals surface area (Å²) in [7, 11) is 0. The number of Topliss-reactive ketones (excluding diaryl/α,β-unsaturated/α-hetero) is 1. The molecule has 0 aromatic carbocycles. The quantitative estimate of drug-likeness (QED) is 0.638. The zero-order valence-corrected chi connectivity index (χ0v) is 14.7. The first kappa shape index (κ1) is 19.5. The van der Waals surface area contributed by atoms with Gasteiger partial charge in [0.15, 0.2) is 5.78 Å². The molecule has 0 saturated heterocycles. The van der Waals surface area contributed by atoms with Gasteiger partial charge in [-0.3, -0.25) is 9.59 Å². The van der Waals surface area contributed by atoms with Gasteiger partial charge in [0.05, 0.1) is 6.54 Å². The van der Waals surface area contributed by atoms with E-state index in [9.17, 15) is 14.4 Å². The summed E-state index contributed by atoms with van der Waals surface area (Å²) in [5.41, 5.74) is -0.615. The Hall–Kier alpha value is -1.59. The summed E-state index contributed by atoms with van der Waals surface area (Å²) in [6.45, 7) is 7.43. The third-order valence-corrected chi connectivity index (χ3v) is 3.57. The van der Waals surface area contributed by atoms with Crippen LogP contribution in [-0.4, -0.2) is 36.0 Å². The van der Waals surface area contributed by atoms with Crippen molar-refractivity contribution in [1.29, 1.82) is 0 Å². The van der Waals surface area contributed by atoms with Gasteiger partial charge in [-0.25, -0.2) is 4.79 Å². The van der Waals surface area contributed by atoms with Crippen LogP contribution in [0.15, 0.2) is 0 Å². The molecule has 1 rings (SSSR count). The van der Waals surface area contributed by atoms with Gasteiger partial charge in [-0.15, -0.1) is 0 Å². The molecule has 0 aliphatic heterocycles. The van der Waals surface area contributed by atoms with Crippen molar-refractivity contribution in [3.05, 3.63) is 0 Å². The highest BCUT2D eigenvalue weighted by Crippen LogP contribution is 2.29. The molecule has 1 saturated carbocycles. The van der Waals surface area contributed by atoms with Crippen LogP contribution in [0.4, 0.5) is 4.79 Å². The van der Waals surface area contributed by atoms with Crippen molar-refractivity contribution in [3.63, 3.8) is 0 Å². The van der Waals surface area contributed by atoms with E-state index in [1.54, 1.807) is 20.8 Å². The second kappa shape index (κ2) is 8.89. The zero-order valence-electron chi connectivity index (χ0n) is 14.7. The molecule has 1 aliphatic carbocycles. The number of carbonyl (C=O) groups excluding carboxylic acids is 3. The zero-order chi connectivity index (χ0) is 17.5. The Morgan fingerprint density at radius 1 is 1.17 bits per heavy atom. The Kier molecular flexibility index (Phi) is 7.52. The minimum atomic E-state index is -0.664. The van der Waals surface area contributed by atoms with Crippen molar-refractivity contribution in [2.45, 2.75) is 77.9 Å². The van der Waals surface area contributed by atoms with Gasteiger partial charge in [-0.2, -0.15) is 0 Å². The fraction of sp³-hybridized carbons (Fsp3) is 0.824. The Morgan fingerprint density at radius 3 is 2.35 bits per heavy atom. The first-order chi connectivity index (χ1) is 10.7. The molecule has 0 aromatic rings. The summed E-state index contributed by atoms with van der Waals surface area (Å²) in [5.74, 6) is -0.128. The van der Waals surface area contributed by atoms with Crippen LogP contribution >= 0.6 is 0 Å². The number of hydrogen-bond donors (Lipinski definition) is 2. The topological polar surface area (TPSA) is 84.5 Å². The molecule has 0 unspecified atom stereocenters. The summed E-state index contributed by atoms with van der Waals surface area (Å²) in [4.78, 5) is 35.8. The van der Waals surface area contributed by atoms with Crippen molar-refractivity contribution in [3.8, 4) is 0 Å². The van der Waals surface area contributed by atoms with Crippen LogP contribution in [-0.2, 0) is 14.3 Å².